The predicted molar refractivity (Wildman–Crippen MR) is 111 cm³/mol. The molecule has 30 heavy (non-hydrogen) atoms. The van der Waals surface area contributed by atoms with Crippen LogP contribution < -0.4 is 4.90 Å². The van der Waals surface area contributed by atoms with Crippen LogP contribution in [-0.2, 0) is 4.74 Å². The molecule has 1 aromatic carbocycles. The lowest BCUT2D eigenvalue weighted by atomic mass is 10.1. The number of esters is 1. The highest BCUT2D eigenvalue weighted by molar-refractivity contribution is 5.88. The summed E-state index contributed by atoms with van der Waals surface area (Å²) in [5.74, 6) is -0.108. The third-order valence-electron chi connectivity index (χ3n) is 5.67. The SMILES string of the molecule is CCOC(=O)c1cnc(N2CCN(C3(/C=C/c4ccc(F)cc4)CC3O)CC2)nc1. The average molecular weight is 412 g/mol. The van der Waals surface area contributed by atoms with Gasteiger partial charge in [0.25, 0.3) is 0 Å². The van der Waals surface area contributed by atoms with Gasteiger partial charge in [0.15, 0.2) is 0 Å². The first kappa shape index (κ1) is 20.4. The maximum Gasteiger partial charge on any atom is 0.341 e. The molecule has 1 aromatic heterocycles. The summed E-state index contributed by atoms with van der Waals surface area (Å²) in [7, 11) is 0. The Morgan fingerprint density at radius 1 is 1.23 bits per heavy atom. The van der Waals surface area contributed by atoms with Crippen molar-refractivity contribution in [1.82, 2.24) is 14.9 Å². The van der Waals surface area contributed by atoms with Crippen molar-refractivity contribution in [3.8, 4) is 0 Å². The number of ether oxygens (including phenoxy) is 1. The number of nitrogens with zero attached hydrogens (tertiary/aromatic N) is 4. The van der Waals surface area contributed by atoms with Crippen LogP contribution in [0.25, 0.3) is 6.08 Å². The molecule has 8 heteroatoms. The smallest absolute Gasteiger partial charge is 0.341 e. The number of piperazine rings is 1. The highest BCUT2D eigenvalue weighted by Gasteiger charge is 2.56. The van der Waals surface area contributed by atoms with Crippen LogP contribution in [0.15, 0.2) is 42.7 Å². The molecule has 0 radical (unpaired) electrons. The Hall–Kier alpha value is -2.84. The van der Waals surface area contributed by atoms with Gasteiger partial charge < -0.3 is 14.7 Å². The minimum absolute atomic E-state index is 0.262. The summed E-state index contributed by atoms with van der Waals surface area (Å²) >= 11 is 0. The van der Waals surface area contributed by atoms with E-state index in [0.29, 0.717) is 24.5 Å². The fourth-order valence-corrected chi connectivity index (χ4v) is 3.82. The third kappa shape index (κ3) is 4.20. The number of hydrogen-bond acceptors (Lipinski definition) is 7. The number of carbonyl (C=O) groups is 1. The molecule has 1 N–H and O–H groups in total. The molecule has 7 nitrogen and oxygen atoms in total. The van der Waals surface area contributed by atoms with Crippen LogP contribution in [0, 0.1) is 5.82 Å². The van der Waals surface area contributed by atoms with Gasteiger partial charge in [-0.05, 0) is 31.0 Å². The van der Waals surface area contributed by atoms with Crippen LogP contribution in [0.2, 0.25) is 0 Å². The number of anilines is 1. The molecule has 1 aliphatic carbocycles. The van der Waals surface area contributed by atoms with Gasteiger partial charge >= 0.3 is 5.97 Å². The minimum atomic E-state index is -0.425. The summed E-state index contributed by atoms with van der Waals surface area (Å²) < 4.78 is 18.0. The summed E-state index contributed by atoms with van der Waals surface area (Å²) in [6, 6.07) is 6.32. The molecule has 1 aliphatic heterocycles. The summed E-state index contributed by atoms with van der Waals surface area (Å²) in [6.45, 7) is 5.02. The van der Waals surface area contributed by atoms with Crippen LogP contribution in [0.3, 0.4) is 0 Å². The Labute approximate surface area is 174 Å². The Morgan fingerprint density at radius 3 is 2.43 bits per heavy atom. The van der Waals surface area contributed by atoms with Gasteiger partial charge in [-0.2, -0.15) is 0 Å². The molecule has 1 saturated carbocycles. The van der Waals surface area contributed by atoms with Gasteiger partial charge in [-0.15, -0.1) is 0 Å². The van der Waals surface area contributed by atoms with Crippen molar-refractivity contribution in [2.45, 2.75) is 25.0 Å². The number of rotatable bonds is 6. The molecular weight excluding hydrogens is 387 g/mol. The molecule has 0 amide bonds. The van der Waals surface area contributed by atoms with Crippen LogP contribution in [0.5, 0.6) is 0 Å². The molecule has 2 aromatic rings. The molecule has 4 rings (SSSR count). The first-order valence-corrected chi connectivity index (χ1v) is 10.1. The molecule has 2 heterocycles. The van der Waals surface area contributed by atoms with E-state index in [1.54, 1.807) is 19.1 Å². The highest BCUT2D eigenvalue weighted by atomic mass is 19.1. The largest absolute Gasteiger partial charge is 0.462 e. The topological polar surface area (TPSA) is 78.8 Å². The van der Waals surface area contributed by atoms with Crippen molar-refractivity contribution in [1.29, 1.82) is 0 Å². The van der Waals surface area contributed by atoms with Gasteiger partial charge in [0, 0.05) is 38.6 Å². The molecule has 158 valence electrons. The zero-order valence-corrected chi connectivity index (χ0v) is 16.9. The number of hydrogen-bond donors (Lipinski definition) is 1. The highest BCUT2D eigenvalue weighted by Crippen LogP contribution is 2.44. The van der Waals surface area contributed by atoms with E-state index < -0.39 is 12.1 Å². The first-order valence-electron chi connectivity index (χ1n) is 10.1. The summed E-state index contributed by atoms with van der Waals surface area (Å²) in [5, 5.41) is 10.3. The number of halogens is 1. The standard InChI is InChI=1S/C22H25FN4O3/c1-2-30-20(29)17-14-24-21(25-15-17)26-9-11-27(12-10-26)22(13-19(22)28)8-7-16-3-5-18(23)6-4-16/h3-8,14-15,19,28H,2,9-13H2,1H3/b8-7+. The summed E-state index contributed by atoms with van der Waals surface area (Å²) in [6.07, 6.45) is 7.25. The molecule has 2 unspecified atom stereocenters. The van der Waals surface area contributed by atoms with E-state index in [4.69, 9.17) is 4.74 Å². The normalized spacial score (nSPS) is 24.2. The van der Waals surface area contributed by atoms with Gasteiger partial charge in [0.1, 0.15) is 5.82 Å². The monoisotopic (exact) mass is 412 g/mol. The molecular formula is C22H25FN4O3. The number of benzene rings is 1. The Balaban J connectivity index is 1.37. The minimum Gasteiger partial charge on any atom is -0.462 e. The van der Waals surface area contributed by atoms with E-state index in [2.05, 4.69) is 19.8 Å². The second-order valence-corrected chi connectivity index (χ2v) is 7.56. The summed E-state index contributed by atoms with van der Waals surface area (Å²) in [5.41, 5.74) is 0.878. The average Bonchev–Trinajstić information content (AvgIpc) is 3.44. The molecule has 2 aliphatic rings. The van der Waals surface area contributed by atoms with Crippen LogP contribution in [0.1, 0.15) is 29.3 Å². The summed E-state index contributed by atoms with van der Waals surface area (Å²) in [4.78, 5) is 24.7. The molecule has 1 saturated heterocycles. The van der Waals surface area contributed by atoms with Crippen molar-refractivity contribution < 1.29 is 19.0 Å². The zero-order valence-electron chi connectivity index (χ0n) is 16.9. The van der Waals surface area contributed by atoms with E-state index in [9.17, 15) is 14.3 Å². The second-order valence-electron chi connectivity index (χ2n) is 7.56. The quantitative estimate of drug-likeness (QED) is 0.728. The van der Waals surface area contributed by atoms with E-state index in [0.717, 1.165) is 31.7 Å². The van der Waals surface area contributed by atoms with Crippen molar-refractivity contribution in [2.75, 3.05) is 37.7 Å². The lowest BCUT2D eigenvalue weighted by molar-refractivity contribution is 0.0525. The van der Waals surface area contributed by atoms with E-state index >= 15 is 0 Å². The van der Waals surface area contributed by atoms with E-state index in [1.165, 1.54) is 24.5 Å². The van der Waals surface area contributed by atoms with Gasteiger partial charge in [0.2, 0.25) is 5.95 Å². The van der Waals surface area contributed by atoms with Gasteiger partial charge in [-0.1, -0.05) is 24.3 Å². The number of carbonyl (C=O) groups excluding carboxylic acids is 1. The Morgan fingerprint density at radius 2 is 1.87 bits per heavy atom. The number of aromatic nitrogens is 2. The van der Waals surface area contributed by atoms with Crippen molar-refractivity contribution in [2.24, 2.45) is 0 Å². The first-order chi connectivity index (χ1) is 14.5. The van der Waals surface area contributed by atoms with Gasteiger partial charge in [-0.25, -0.2) is 19.2 Å². The van der Waals surface area contributed by atoms with Crippen molar-refractivity contribution in [3.63, 3.8) is 0 Å². The molecule has 0 bridgehead atoms. The lowest BCUT2D eigenvalue weighted by Crippen LogP contribution is -2.52. The van der Waals surface area contributed by atoms with Crippen LogP contribution in [-0.4, -0.2) is 70.4 Å². The number of aliphatic hydroxyl groups is 1. The zero-order chi connectivity index (χ0) is 21.1. The van der Waals surface area contributed by atoms with Crippen LogP contribution >= 0.6 is 0 Å². The van der Waals surface area contributed by atoms with Crippen LogP contribution in [0.4, 0.5) is 10.3 Å². The maximum absolute atomic E-state index is 13.1. The maximum atomic E-state index is 13.1. The lowest BCUT2D eigenvalue weighted by Gasteiger charge is -2.38. The Bertz CT molecular complexity index is 911. The Kier molecular flexibility index (Phi) is 5.78. The predicted octanol–water partition coefficient (Wildman–Crippen LogP) is 2.13. The van der Waals surface area contributed by atoms with Crippen molar-refractivity contribution in [3.05, 3.63) is 59.7 Å². The fraction of sp³-hybridized carbons (Fsp3) is 0.409. The van der Waals surface area contributed by atoms with E-state index in [-0.39, 0.29) is 11.4 Å². The molecule has 2 atom stereocenters. The molecule has 0 spiro atoms. The van der Waals surface area contributed by atoms with E-state index in [1.807, 2.05) is 12.2 Å². The van der Waals surface area contributed by atoms with Gasteiger partial charge in [-0.3, -0.25) is 4.90 Å². The third-order valence-corrected chi connectivity index (χ3v) is 5.67. The fourth-order valence-electron chi connectivity index (χ4n) is 3.82. The molecule has 2 fully saturated rings. The van der Waals surface area contributed by atoms with Crippen molar-refractivity contribution >= 4 is 18.0 Å². The second kappa shape index (κ2) is 8.49. The van der Waals surface area contributed by atoms with Gasteiger partial charge in [0.05, 0.1) is 23.8 Å². The number of aliphatic hydroxyl groups excluding tert-OH is 1.